The summed E-state index contributed by atoms with van der Waals surface area (Å²) >= 11 is 1.52. The van der Waals surface area contributed by atoms with E-state index in [2.05, 4.69) is 16.0 Å². The average molecular weight is 481 g/mol. The standard InChI is InChI=1S/C22H32N4O6S/c1-14(2)11-17(24-19(28)16(23-13-27)9-10-33-3)20(29)25-18(21(30)26-22(31)32)12-15-7-5-4-6-8-15/h4-8,13-14,16-18H,9-12H2,1-3H3,(H,23,27)(H,24,28)(H,25,29)(H,26,30)(H,31,32). The molecule has 11 heteroatoms. The molecule has 0 aliphatic heterocycles. The van der Waals surface area contributed by atoms with Crippen molar-refractivity contribution >= 4 is 42.0 Å². The van der Waals surface area contributed by atoms with Crippen LogP contribution in [0.1, 0.15) is 32.3 Å². The molecule has 0 saturated carbocycles. The molecule has 33 heavy (non-hydrogen) atoms. The van der Waals surface area contributed by atoms with Crippen LogP contribution >= 0.6 is 11.8 Å². The Bertz CT molecular complexity index is 805. The summed E-state index contributed by atoms with van der Waals surface area (Å²) in [5, 5.41) is 18.4. The third kappa shape index (κ3) is 10.9. The van der Waals surface area contributed by atoms with Crippen LogP contribution in [0.15, 0.2) is 30.3 Å². The second-order valence-electron chi connectivity index (χ2n) is 7.85. The van der Waals surface area contributed by atoms with Crippen molar-refractivity contribution in [2.75, 3.05) is 12.0 Å². The monoisotopic (exact) mass is 480 g/mol. The number of thioether (sulfide) groups is 1. The van der Waals surface area contributed by atoms with Gasteiger partial charge in [-0.15, -0.1) is 0 Å². The van der Waals surface area contributed by atoms with Gasteiger partial charge in [-0.3, -0.25) is 24.5 Å². The van der Waals surface area contributed by atoms with Crippen LogP contribution in [0.25, 0.3) is 0 Å². The largest absolute Gasteiger partial charge is 0.465 e. The number of hydrogen-bond acceptors (Lipinski definition) is 6. The van der Waals surface area contributed by atoms with Crippen molar-refractivity contribution in [1.82, 2.24) is 21.3 Å². The van der Waals surface area contributed by atoms with Gasteiger partial charge in [-0.2, -0.15) is 11.8 Å². The average Bonchev–Trinajstić information content (AvgIpc) is 2.75. The first kappa shape index (κ1) is 28.0. The number of rotatable bonds is 14. The van der Waals surface area contributed by atoms with Crippen molar-refractivity contribution in [2.24, 2.45) is 5.92 Å². The van der Waals surface area contributed by atoms with E-state index in [1.54, 1.807) is 35.6 Å². The lowest BCUT2D eigenvalue weighted by molar-refractivity contribution is -0.133. The molecule has 5 N–H and O–H groups in total. The van der Waals surface area contributed by atoms with Crippen LogP contribution in [0.5, 0.6) is 0 Å². The molecule has 0 saturated heterocycles. The van der Waals surface area contributed by atoms with Gasteiger partial charge >= 0.3 is 6.09 Å². The number of hydrogen-bond donors (Lipinski definition) is 5. The fourth-order valence-corrected chi connectivity index (χ4v) is 3.58. The molecule has 0 spiro atoms. The van der Waals surface area contributed by atoms with Crippen molar-refractivity contribution < 1.29 is 29.1 Å². The van der Waals surface area contributed by atoms with E-state index >= 15 is 0 Å². The van der Waals surface area contributed by atoms with E-state index in [0.29, 0.717) is 18.6 Å². The van der Waals surface area contributed by atoms with Crippen LogP contribution in [0.2, 0.25) is 0 Å². The van der Waals surface area contributed by atoms with E-state index in [4.69, 9.17) is 5.11 Å². The minimum atomic E-state index is -1.53. The van der Waals surface area contributed by atoms with E-state index in [1.165, 1.54) is 11.8 Å². The number of carbonyl (C=O) groups is 5. The molecule has 1 aromatic rings. The highest BCUT2D eigenvalue weighted by atomic mass is 32.2. The van der Waals surface area contributed by atoms with Gasteiger partial charge in [0.25, 0.3) is 5.91 Å². The van der Waals surface area contributed by atoms with Gasteiger partial charge in [0.1, 0.15) is 18.1 Å². The quantitative estimate of drug-likeness (QED) is 0.248. The molecule has 1 rings (SSSR count). The minimum absolute atomic E-state index is 0.0325. The molecular formula is C22H32N4O6S. The summed E-state index contributed by atoms with van der Waals surface area (Å²) < 4.78 is 0. The minimum Gasteiger partial charge on any atom is -0.465 e. The van der Waals surface area contributed by atoms with Gasteiger partial charge in [-0.1, -0.05) is 44.2 Å². The zero-order chi connectivity index (χ0) is 24.8. The zero-order valence-corrected chi connectivity index (χ0v) is 19.8. The lowest BCUT2D eigenvalue weighted by atomic mass is 10.0. The topological polar surface area (TPSA) is 154 Å². The predicted octanol–water partition coefficient (Wildman–Crippen LogP) is 0.907. The third-order valence-electron chi connectivity index (χ3n) is 4.68. The van der Waals surface area contributed by atoms with Crippen molar-refractivity contribution in [3.05, 3.63) is 35.9 Å². The first-order chi connectivity index (χ1) is 15.7. The molecule has 0 aromatic heterocycles. The van der Waals surface area contributed by atoms with Crippen LogP contribution in [0, 0.1) is 5.92 Å². The number of carbonyl (C=O) groups excluding carboxylic acids is 4. The summed E-state index contributed by atoms with van der Waals surface area (Å²) in [6.07, 6.45) is 1.52. The fraction of sp³-hybridized carbons (Fsp3) is 0.500. The molecule has 3 atom stereocenters. The fourth-order valence-electron chi connectivity index (χ4n) is 3.11. The summed E-state index contributed by atoms with van der Waals surface area (Å²) in [5.74, 6) is -1.34. The molecule has 5 amide bonds. The van der Waals surface area contributed by atoms with Gasteiger partial charge in [0.05, 0.1) is 0 Å². The Morgan fingerprint density at radius 1 is 0.970 bits per heavy atom. The van der Waals surface area contributed by atoms with Crippen molar-refractivity contribution in [3.8, 4) is 0 Å². The normalized spacial score (nSPS) is 13.3. The smallest absolute Gasteiger partial charge is 0.411 e. The van der Waals surface area contributed by atoms with E-state index in [0.717, 1.165) is 5.56 Å². The van der Waals surface area contributed by atoms with E-state index in [9.17, 15) is 24.0 Å². The lowest BCUT2D eigenvalue weighted by Gasteiger charge is -2.25. The van der Waals surface area contributed by atoms with Gasteiger partial charge in [0.2, 0.25) is 18.2 Å². The van der Waals surface area contributed by atoms with Gasteiger partial charge in [-0.05, 0) is 36.3 Å². The molecule has 0 fully saturated rings. The predicted molar refractivity (Wildman–Crippen MR) is 126 cm³/mol. The van der Waals surface area contributed by atoms with Crippen molar-refractivity contribution in [3.63, 3.8) is 0 Å². The Kier molecular flexibility index (Phi) is 12.6. The summed E-state index contributed by atoms with van der Waals surface area (Å²) in [7, 11) is 0. The number of nitrogens with one attached hydrogen (secondary N) is 4. The maximum atomic E-state index is 13.1. The Hall–Kier alpha value is -3.08. The lowest BCUT2D eigenvalue weighted by Crippen LogP contribution is -2.57. The highest BCUT2D eigenvalue weighted by Crippen LogP contribution is 2.09. The van der Waals surface area contributed by atoms with E-state index in [-0.39, 0.29) is 18.8 Å². The number of carboxylic acid groups (broad SMARTS) is 1. The first-order valence-electron chi connectivity index (χ1n) is 10.5. The second kappa shape index (κ2) is 14.9. The molecule has 0 radical (unpaired) electrons. The maximum Gasteiger partial charge on any atom is 0.411 e. The number of benzene rings is 1. The Morgan fingerprint density at radius 2 is 1.58 bits per heavy atom. The van der Waals surface area contributed by atoms with Crippen LogP contribution in [-0.4, -0.2) is 65.5 Å². The molecule has 1 aromatic carbocycles. The molecular weight excluding hydrogens is 448 g/mol. The summed E-state index contributed by atoms with van der Waals surface area (Å²) in [6, 6.07) is 5.89. The molecule has 0 bridgehead atoms. The zero-order valence-electron chi connectivity index (χ0n) is 19.0. The maximum absolute atomic E-state index is 13.1. The second-order valence-corrected chi connectivity index (χ2v) is 8.84. The highest BCUT2D eigenvalue weighted by Gasteiger charge is 2.30. The van der Waals surface area contributed by atoms with Gasteiger partial charge in [0, 0.05) is 6.42 Å². The van der Waals surface area contributed by atoms with E-state index in [1.807, 2.05) is 20.1 Å². The summed E-state index contributed by atoms with van der Waals surface area (Å²) in [6.45, 7) is 3.75. The van der Waals surface area contributed by atoms with Crippen LogP contribution in [0.3, 0.4) is 0 Å². The molecule has 3 unspecified atom stereocenters. The number of imide groups is 1. The van der Waals surface area contributed by atoms with Gasteiger partial charge in [-0.25, -0.2) is 4.79 Å². The van der Waals surface area contributed by atoms with Crippen molar-refractivity contribution in [1.29, 1.82) is 0 Å². The van der Waals surface area contributed by atoms with Crippen LogP contribution < -0.4 is 21.3 Å². The third-order valence-corrected chi connectivity index (χ3v) is 5.33. The Labute approximate surface area is 197 Å². The van der Waals surface area contributed by atoms with Gasteiger partial charge < -0.3 is 21.1 Å². The molecule has 10 nitrogen and oxygen atoms in total. The van der Waals surface area contributed by atoms with Crippen LogP contribution in [-0.2, 0) is 25.6 Å². The Morgan fingerprint density at radius 3 is 2.12 bits per heavy atom. The SMILES string of the molecule is CSCCC(NC=O)C(=O)NC(CC(C)C)C(=O)NC(Cc1ccccc1)C(=O)NC(=O)O. The first-order valence-corrected chi connectivity index (χ1v) is 11.9. The van der Waals surface area contributed by atoms with E-state index < -0.39 is 41.9 Å². The highest BCUT2D eigenvalue weighted by molar-refractivity contribution is 7.98. The summed E-state index contributed by atoms with van der Waals surface area (Å²) in [5.41, 5.74) is 0.722. The molecule has 0 aliphatic carbocycles. The molecule has 0 heterocycles. The molecule has 0 aliphatic rings. The van der Waals surface area contributed by atoms with Crippen molar-refractivity contribution in [2.45, 2.75) is 51.2 Å². The summed E-state index contributed by atoms with van der Waals surface area (Å²) in [4.78, 5) is 60.0. The van der Waals surface area contributed by atoms with Crippen LogP contribution in [0.4, 0.5) is 4.79 Å². The number of amides is 5. The molecule has 182 valence electrons. The van der Waals surface area contributed by atoms with Gasteiger partial charge in [0.15, 0.2) is 0 Å². The Balaban J connectivity index is 3.02.